The predicted molar refractivity (Wildman–Crippen MR) is 64.3 cm³/mol. The van der Waals surface area contributed by atoms with Gasteiger partial charge in [0.05, 0.1) is 0 Å². The van der Waals surface area contributed by atoms with Gasteiger partial charge in [-0.05, 0) is 36.4 Å². The van der Waals surface area contributed by atoms with E-state index in [0.29, 0.717) is 0 Å². The number of carbonyl (C=O) groups is 2. The number of likely N-dealkylation sites (N-methyl/N-ethyl adjacent to an activating group) is 1. The molecule has 1 fully saturated rings. The number of aryl methyl sites for hydroxylation is 1. The Balaban J connectivity index is 2.12. The fourth-order valence-electron chi connectivity index (χ4n) is 1.47. The van der Waals surface area contributed by atoms with E-state index in [9.17, 15) is 9.59 Å². The molecule has 1 saturated heterocycles. The molecule has 0 radical (unpaired) electrons. The normalized spacial score (nSPS) is 20.4. The highest BCUT2D eigenvalue weighted by molar-refractivity contribution is 8.15. The Morgan fingerprint density at radius 2 is 2.12 bits per heavy atom. The number of imide groups is 1. The number of nitrogens with zero attached hydrogens (tertiary/aromatic N) is 1. The fraction of sp³-hybridized carbons (Fsp3) is 0.273. The predicted octanol–water partition coefficient (Wildman–Crippen LogP) is 2.06. The zero-order valence-electron chi connectivity index (χ0n) is 9.06. The van der Waals surface area contributed by atoms with Crippen molar-refractivity contribution in [2.24, 2.45) is 0 Å². The van der Waals surface area contributed by atoms with Crippen LogP contribution in [0.5, 0.6) is 0 Å². The Bertz CT molecular complexity index is 447. The molecule has 5 heteroatoms. The Kier molecular flexibility index (Phi) is 2.87. The van der Waals surface area contributed by atoms with Gasteiger partial charge in [0.15, 0.2) is 5.37 Å². The SMILES string of the molecule is Cc1cccc(N[C@@H]2SC(=O)N(C)C2=O)c1. The van der Waals surface area contributed by atoms with Gasteiger partial charge >= 0.3 is 0 Å². The molecule has 0 bridgehead atoms. The summed E-state index contributed by atoms with van der Waals surface area (Å²) in [7, 11) is 1.50. The van der Waals surface area contributed by atoms with Crippen LogP contribution in [0.1, 0.15) is 5.56 Å². The van der Waals surface area contributed by atoms with Crippen LogP contribution in [0.15, 0.2) is 24.3 Å². The molecule has 1 aliphatic heterocycles. The third-order valence-electron chi connectivity index (χ3n) is 2.36. The Morgan fingerprint density at radius 1 is 1.38 bits per heavy atom. The second-order valence-corrected chi connectivity index (χ2v) is 4.73. The number of hydrogen-bond acceptors (Lipinski definition) is 4. The lowest BCUT2D eigenvalue weighted by Crippen LogP contribution is -2.31. The van der Waals surface area contributed by atoms with Crippen LogP contribution in [0, 0.1) is 6.92 Å². The summed E-state index contributed by atoms with van der Waals surface area (Å²) >= 11 is 1.01. The summed E-state index contributed by atoms with van der Waals surface area (Å²) in [5, 5.41) is 2.33. The quantitative estimate of drug-likeness (QED) is 0.854. The van der Waals surface area contributed by atoms with Gasteiger partial charge < -0.3 is 5.32 Å². The lowest BCUT2D eigenvalue weighted by molar-refractivity contribution is -0.125. The molecule has 0 saturated carbocycles. The van der Waals surface area contributed by atoms with Crippen LogP contribution in [0.4, 0.5) is 10.5 Å². The maximum absolute atomic E-state index is 11.6. The minimum atomic E-state index is -0.501. The summed E-state index contributed by atoms with van der Waals surface area (Å²) < 4.78 is 0. The lowest BCUT2D eigenvalue weighted by Gasteiger charge is -2.11. The molecule has 1 aliphatic rings. The second-order valence-electron chi connectivity index (χ2n) is 3.67. The highest BCUT2D eigenvalue weighted by Gasteiger charge is 2.36. The molecule has 0 aliphatic carbocycles. The van der Waals surface area contributed by atoms with Crippen LogP contribution in [0.2, 0.25) is 0 Å². The number of rotatable bonds is 2. The molecule has 0 spiro atoms. The average Bonchev–Trinajstić information content (AvgIpc) is 2.47. The smallest absolute Gasteiger partial charge is 0.290 e. The van der Waals surface area contributed by atoms with Crippen molar-refractivity contribution in [3.05, 3.63) is 29.8 Å². The van der Waals surface area contributed by atoms with Gasteiger partial charge in [-0.1, -0.05) is 12.1 Å². The first-order valence-electron chi connectivity index (χ1n) is 4.89. The molecule has 0 unspecified atom stereocenters. The van der Waals surface area contributed by atoms with Gasteiger partial charge in [0.25, 0.3) is 11.1 Å². The average molecular weight is 236 g/mol. The molecular formula is C11H12N2O2S. The first-order valence-corrected chi connectivity index (χ1v) is 5.77. The van der Waals surface area contributed by atoms with E-state index in [1.807, 2.05) is 31.2 Å². The van der Waals surface area contributed by atoms with E-state index in [4.69, 9.17) is 0 Å². The van der Waals surface area contributed by atoms with Crippen molar-refractivity contribution in [2.45, 2.75) is 12.3 Å². The molecule has 1 heterocycles. The Morgan fingerprint density at radius 3 is 2.69 bits per heavy atom. The van der Waals surface area contributed by atoms with Crippen LogP contribution < -0.4 is 5.32 Å². The highest BCUT2D eigenvalue weighted by Crippen LogP contribution is 2.26. The fourth-order valence-corrected chi connectivity index (χ4v) is 2.38. The molecule has 4 nitrogen and oxygen atoms in total. The zero-order chi connectivity index (χ0) is 11.7. The topological polar surface area (TPSA) is 49.4 Å². The molecule has 2 amide bonds. The number of hydrogen-bond donors (Lipinski definition) is 1. The maximum atomic E-state index is 11.6. The molecule has 1 N–H and O–H groups in total. The maximum Gasteiger partial charge on any atom is 0.290 e. The molecule has 0 aromatic heterocycles. The molecule has 1 aromatic carbocycles. The first kappa shape index (κ1) is 11.0. The van der Waals surface area contributed by atoms with E-state index in [1.165, 1.54) is 7.05 Å². The van der Waals surface area contributed by atoms with Crippen molar-refractivity contribution in [2.75, 3.05) is 12.4 Å². The van der Waals surface area contributed by atoms with Crippen LogP contribution >= 0.6 is 11.8 Å². The zero-order valence-corrected chi connectivity index (χ0v) is 9.88. The van der Waals surface area contributed by atoms with Crippen molar-refractivity contribution < 1.29 is 9.59 Å². The molecule has 84 valence electrons. The number of amides is 2. The van der Waals surface area contributed by atoms with Crippen molar-refractivity contribution >= 4 is 28.6 Å². The second kappa shape index (κ2) is 4.17. The largest absolute Gasteiger partial charge is 0.365 e. The van der Waals surface area contributed by atoms with Gasteiger partial charge in [-0.3, -0.25) is 14.5 Å². The van der Waals surface area contributed by atoms with Crippen LogP contribution in [0.3, 0.4) is 0 Å². The summed E-state index contributed by atoms with van der Waals surface area (Å²) in [6, 6.07) is 7.71. The molecular weight excluding hydrogens is 224 g/mol. The van der Waals surface area contributed by atoms with E-state index in [2.05, 4.69) is 5.32 Å². The minimum Gasteiger partial charge on any atom is -0.365 e. The monoisotopic (exact) mass is 236 g/mol. The summed E-state index contributed by atoms with van der Waals surface area (Å²) in [5.74, 6) is -0.198. The number of carbonyl (C=O) groups excluding carboxylic acids is 2. The first-order chi connectivity index (χ1) is 7.58. The van der Waals surface area contributed by atoms with Crippen molar-refractivity contribution in [3.8, 4) is 0 Å². The van der Waals surface area contributed by atoms with E-state index in [0.717, 1.165) is 27.9 Å². The van der Waals surface area contributed by atoms with Crippen LogP contribution in [0.25, 0.3) is 0 Å². The molecule has 1 atom stereocenters. The van der Waals surface area contributed by atoms with Gasteiger partial charge in [-0.25, -0.2) is 0 Å². The Hall–Kier alpha value is -1.49. The highest BCUT2D eigenvalue weighted by atomic mass is 32.2. The van der Waals surface area contributed by atoms with E-state index in [-0.39, 0.29) is 11.1 Å². The van der Waals surface area contributed by atoms with E-state index in [1.54, 1.807) is 0 Å². The van der Waals surface area contributed by atoms with Crippen molar-refractivity contribution in [1.82, 2.24) is 4.90 Å². The van der Waals surface area contributed by atoms with Crippen LogP contribution in [-0.4, -0.2) is 28.5 Å². The third kappa shape index (κ3) is 2.04. The number of nitrogens with one attached hydrogen (secondary N) is 1. The Labute approximate surface area is 98.0 Å². The van der Waals surface area contributed by atoms with Crippen LogP contribution in [-0.2, 0) is 4.79 Å². The van der Waals surface area contributed by atoms with Crippen molar-refractivity contribution in [1.29, 1.82) is 0 Å². The van der Waals surface area contributed by atoms with Gasteiger partial charge in [0.1, 0.15) is 0 Å². The molecule has 2 rings (SSSR count). The number of anilines is 1. The molecule has 16 heavy (non-hydrogen) atoms. The van der Waals surface area contributed by atoms with Crippen molar-refractivity contribution in [3.63, 3.8) is 0 Å². The summed E-state index contributed by atoms with van der Waals surface area (Å²) in [6.07, 6.45) is 0. The summed E-state index contributed by atoms with van der Waals surface area (Å²) in [5.41, 5.74) is 1.97. The van der Waals surface area contributed by atoms with Gasteiger partial charge in [-0.2, -0.15) is 0 Å². The van der Waals surface area contributed by atoms with Gasteiger partial charge in [0, 0.05) is 12.7 Å². The lowest BCUT2D eigenvalue weighted by atomic mass is 10.2. The van der Waals surface area contributed by atoms with Gasteiger partial charge in [0.2, 0.25) is 0 Å². The summed E-state index contributed by atoms with van der Waals surface area (Å²) in [4.78, 5) is 24.0. The third-order valence-corrected chi connectivity index (χ3v) is 3.39. The number of thioether (sulfide) groups is 1. The number of benzene rings is 1. The minimum absolute atomic E-state index is 0.198. The summed E-state index contributed by atoms with van der Waals surface area (Å²) in [6.45, 7) is 1.98. The standard InChI is InChI=1S/C11H12N2O2S/c1-7-4-3-5-8(6-7)12-9-10(14)13(2)11(15)16-9/h3-6,9,12H,1-2H3/t9-/m1/s1. The van der Waals surface area contributed by atoms with E-state index >= 15 is 0 Å². The molecule has 1 aromatic rings. The van der Waals surface area contributed by atoms with E-state index < -0.39 is 5.37 Å². The van der Waals surface area contributed by atoms with Gasteiger partial charge in [-0.15, -0.1) is 0 Å².